The Morgan fingerprint density at radius 3 is 2.32 bits per heavy atom. The monoisotopic (exact) mass is 265 g/mol. The van der Waals surface area contributed by atoms with Gasteiger partial charge in [-0.25, -0.2) is 0 Å². The van der Waals surface area contributed by atoms with Gasteiger partial charge in [0.2, 0.25) is 5.91 Å². The zero-order valence-corrected chi connectivity index (χ0v) is 12.5. The Balaban J connectivity index is 1.78. The van der Waals surface area contributed by atoms with Crippen LogP contribution in [0.2, 0.25) is 0 Å². The molecule has 108 valence electrons. The van der Waals surface area contributed by atoms with Gasteiger partial charge in [-0.05, 0) is 31.4 Å². The summed E-state index contributed by atoms with van der Waals surface area (Å²) in [5.74, 6) is 1.01. The van der Waals surface area contributed by atoms with Crippen molar-refractivity contribution >= 4 is 5.91 Å². The van der Waals surface area contributed by atoms with Crippen LogP contribution in [0.1, 0.15) is 27.2 Å². The standard InChI is InChI=1S/C15H27N3O/c1-12(2)4-5-17-6-8-18(9-7-17)15(19)13(3)14-10-16-11-14/h12,16H,4-11H2,1-3H3. The third kappa shape index (κ3) is 3.80. The summed E-state index contributed by atoms with van der Waals surface area (Å²) in [6.07, 6.45) is 1.25. The molecular formula is C15H27N3O. The summed E-state index contributed by atoms with van der Waals surface area (Å²) in [6, 6.07) is 0. The van der Waals surface area contributed by atoms with Crippen LogP contribution in [-0.2, 0) is 4.79 Å². The van der Waals surface area contributed by atoms with E-state index < -0.39 is 0 Å². The molecule has 0 radical (unpaired) electrons. The average Bonchev–Trinajstić information content (AvgIpc) is 2.34. The molecule has 0 saturated carbocycles. The van der Waals surface area contributed by atoms with E-state index in [-0.39, 0.29) is 5.91 Å². The molecule has 2 heterocycles. The highest BCUT2D eigenvalue weighted by molar-refractivity contribution is 5.94. The number of piperazine rings is 1. The molecule has 1 N–H and O–H groups in total. The number of carbonyl (C=O) groups is 1. The summed E-state index contributed by atoms with van der Waals surface area (Å²) in [4.78, 5) is 16.8. The van der Waals surface area contributed by atoms with Crippen molar-refractivity contribution in [3.8, 4) is 0 Å². The SMILES string of the molecule is CC(C(=O)N1CCN(CCC(C)C)CC1)=C1CNC1. The lowest BCUT2D eigenvalue weighted by Crippen LogP contribution is -2.50. The Kier molecular flexibility index (Phi) is 4.99. The first-order chi connectivity index (χ1) is 9.08. The molecule has 0 atom stereocenters. The van der Waals surface area contributed by atoms with Crippen molar-refractivity contribution in [3.05, 3.63) is 11.1 Å². The van der Waals surface area contributed by atoms with Crippen molar-refractivity contribution in [1.82, 2.24) is 15.1 Å². The highest BCUT2D eigenvalue weighted by Crippen LogP contribution is 2.14. The fourth-order valence-corrected chi connectivity index (χ4v) is 2.52. The number of rotatable bonds is 4. The Hall–Kier alpha value is -0.870. The summed E-state index contributed by atoms with van der Waals surface area (Å²) in [5, 5.41) is 3.20. The van der Waals surface area contributed by atoms with Gasteiger partial charge < -0.3 is 10.2 Å². The average molecular weight is 265 g/mol. The number of carbonyl (C=O) groups excluding carboxylic acids is 1. The molecule has 0 aliphatic carbocycles. The highest BCUT2D eigenvalue weighted by atomic mass is 16.2. The molecule has 4 heteroatoms. The molecule has 0 aromatic heterocycles. The van der Waals surface area contributed by atoms with Gasteiger partial charge in [0, 0.05) is 44.8 Å². The van der Waals surface area contributed by atoms with Crippen LogP contribution in [0, 0.1) is 5.92 Å². The van der Waals surface area contributed by atoms with E-state index in [1.807, 2.05) is 11.8 Å². The van der Waals surface area contributed by atoms with E-state index >= 15 is 0 Å². The minimum absolute atomic E-state index is 0.250. The molecule has 2 aliphatic heterocycles. The van der Waals surface area contributed by atoms with Crippen molar-refractivity contribution in [2.24, 2.45) is 5.92 Å². The molecule has 0 aromatic rings. The quantitative estimate of drug-likeness (QED) is 0.773. The molecule has 0 spiro atoms. The van der Waals surface area contributed by atoms with Gasteiger partial charge in [-0.2, -0.15) is 0 Å². The molecule has 2 saturated heterocycles. The number of amides is 1. The topological polar surface area (TPSA) is 35.6 Å². The molecule has 1 amide bonds. The Morgan fingerprint density at radius 1 is 1.21 bits per heavy atom. The van der Waals surface area contributed by atoms with Gasteiger partial charge >= 0.3 is 0 Å². The zero-order valence-electron chi connectivity index (χ0n) is 12.5. The fraction of sp³-hybridized carbons (Fsp3) is 0.800. The van der Waals surface area contributed by atoms with E-state index in [2.05, 4.69) is 24.1 Å². The Bertz CT molecular complexity index is 348. The summed E-state index contributed by atoms with van der Waals surface area (Å²) in [6.45, 7) is 13.3. The molecule has 0 unspecified atom stereocenters. The highest BCUT2D eigenvalue weighted by Gasteiger charge is 2.24. The third-order valence-corrected chi connectivity index (χ3v) is 4.21. The Morgan fingerprint density at radius 2 is 1.84 bits per heavy atom. The first kappa shape index (κ1) is 14.5. The van der Waals surface area contributed by atoms with Gasteiger partial charge in [-0.3, -0.25) is 9.69 Å². The van der Waals surface area contributed by atoms with Crippen LogP contribution in [0.15, 0.2) is 11.1 Å². The van der Waals surface area contributed by atoms with Crippen molar-refractivity contribution in [2.45, 2.75) is 27.2 Å². The zero-order chi connectivity index (χ0) is 13.8. The predicted octanol–water partition coefficient (Wildman–Crippen LogP) is 1.10. The smallest absolute Gasteiger partial charge is 0.249 e. The van der Waals surface area contributed by atoms with Crippen LogP contribution >= 0.6 is 0 Å². The number of hydrogen-bond acceptors (Lipinski definition) is 3. The molecule has 2 aliphatic rings. The molecule has 2 rings (SSSR count). The second-order valence-electron chi connectivity index (χ2n) is 6.15. The number of hydrogen-bond donors (Lipinski definition) is 1. The van der Waals surface area contributed by atoms with Crippen LogP contribution in [0.4, 0.5) is 0 Å². The van der Waals surface area contributed by atoms with Crippen molar-refractivity contribution in [2.75, 3.05) is 45.8 Å². The molecule has 4 nitrogen and oxygen atoms in total. The van der Waals surface area contributed by atoms with Crippen molar-refractivity contribution < 1.29 is 4.79 Å². The first-order valence-electron chi connectivity index (χ1n) is 7.49. The lowest BCUT2D eigenvalue weighted by atomic mass is 10.0. The minimum Gasteiger partial charge on any atom is -0.336 e. The molecule has 2 fully saturated rings. The normalized spacial score (nSPS) is 20.6. The number of nitrogens with zero attached hydrogens (tertiary/aromatic N) is 2. The van der Waals surface area contributed by atoms with Gasteiger partial charge in [0.15, 0.2) is 0 Å². The molecule has 0 aromatic carbocycles. The van der Waals surface area contributed by atoms with E-state index in [9.17, 15) is 4.79 Å². The lowest BCUT2D eigenvalue weighted by molar-refractivity contribution is -0.128. The molecule has 19 heavy (non-hydrogen) atoms. The van der Waals surface area contributed by atoms with Gasteiger partial charge in [0.05, 0.1) is 0 Å². The van der Waals surface area contributed by atoms with Crippen LogP contribution in [0.3, 0.4) is 0 Å². The first-order valence-corrected chi connectivity index (χ1v) is 7.49. The van der Waals surface area contributed by atoms with Crippen molar-refractivity contribution in [3.63, 3.8) is 0 Å². The summed E-state index contributed by atoms with van der Waals surface area (Å²) >= 11 is 0. The maximum Gasteiger partial charge on any atom is 0.249 e. The summed E-state index contributed by atoms with van der Waals surface area (Å²) < 4.78 is 0. The largest absolute Gasteiger partial charge is 0.336 e. The van der Waals surface area contributed by atoms with E-state index in [1.54, 1.807) is 0 Å². The van der Waals surface area contributed by atoms with Crippen LogP contribution in [-0.4, -0.2) is 61.5 Å². The van der Waals surface area contributed by atoms with Gasteiger partial charge in [0.25, 0.3) is 0 Å². The number of nitrogens with one attached hydrogen (secondary N) is 1. The van der Waals surface area contributed by atoms with E-state index in [1.165, 1.54) is 18.5 Å². The van der Waals surface area contributed by atoms with Gasteiger partial charge in [0.1, 0.15) is 0 Å². The van der Waals surface area contributed by atoms with E-state index in [4.69, 9.17) is 0 Å². The van der Waals surface area contributed by atoms with E-state index in [0.29, 0.717) is 0 Å². The predicted molar refractivity (Wildman–Crippen MR) is 78.0 cm³/mol. The third-order valence-electron chi connectivity index (χ3n) is 4.21. The van der Waals surface area contributed by atoms with Gasteiger partial charge in [-0.15, -0.1) is 0 Å². The van der Waals surface area contributed by atoms with Crippen LogP contribution in [0.5, 0.6) is 0 Å². The Labute approximate surface area is 116 Å². The molecular weight excluding hydrogens is 238 g/mol. The summed E-state index contributed by atoms with van der Waals surface area (Å²) in [5.41, 5.74) is 2.25. The van der Waals surface area contributed by atoms with Crippen molar-refractivity contribution in [1.29, 1.82) is 0 Å². The minimum atomic E-state index is 0.250. The summed E-state index contributed by atoms with van der Waals surface area (Å²) in [7, 11) is 0. The van der Waals surface area contributed by atoms with Gasteiger partial charge in [-0.1, -0.05) is 13.8 Å². The van der Waals surface area contributed by atoms with E-state index in [0.717, 1.165) is 50.8 Å². The molecule has 0 bridgehead atoms. The fourth-order valence-electron chi connectivity index (χ4n) is 2.52. The lowest BCUT2D eigenvalue weighted by Gasteiger charge is -2.36. The maximum absolute atomic E-state index is 12.3. The van der Waals surface area contributed by atoms with Crippen LogP contribution < -0.4 is 5.32 Å². The second kappa shape index (κ2) is 6.53. The van der Waals surface area contributed by atoms with Crippen LogP contribution in [0.25, 0.3) is 0 Å². The maximum atomic E-state index is 12.3. The second-order valence-corrected chi connectivity index (χ2v) is 6.15.